The molecule has 21 heavy (non-hydrogen) atoms. The maximum Gasteiger partial charge on any atom is 0.327 e. The van der Waals surface area contributed by atoms with Crippen LogP contribution in [0.1, 0.15) is 29.3 Å². The fourth-order valence-corrected chi connectivity index (χ4v) is 3.82. The van der Waals surface area contributed by atoms with E-state index >= 15 is 0 Å². The summed E-state index contributed by atoms with van der Waals surface area (Å²) >= 11 is 1.51. The second kappa shape index (κ2) is 6.39. The molecule has 5 nitrogen and oxygen atoms in total. The first-order chi connectivity index (χ1) is 9.99. The van der Waals surface area contributed by atoms with Gasteiger partial charge in [0.15, 0.2) is 0 Å². The molecule has 1 heterocycles. The van der Waals surface area contributed by atoms with Crippen LogP contribution in [0.5, 0.6) is 5.75 Å². The molecule has 0 aromatic heterocycles. The van der Waals surface area contributed by atoms with Crippen LogP contribution in [0.4, 0.5) is 0 Å². The Morgan fingerprint density at radius 1 is 1.48 bits per heavy atom. The monoisotopic (exact) mass is 309 g/mol. The van der Waals surface area contributed by atoms with Crippen LogP contribution in [0.3, 0.4) is 0 Å². The molecular weight excluding hydrogens is 290 g/mol. The van der Waals surface area contributed by atoms with Gasteiger partial charge in [0.2, 0.25) is 0 Å². The summed E-state index contributed by atoms with van der Waals surface area (Å²) < 4.78 is 5.24. The van der Waals surface area contributed by atoms with E-state index in [9.17, 15) is 14.7 Å². The summed E-state index contributed by atoms with van der Waals surface area (Å²) in [4.78, 5) is 25.7. The molecule has 1 N–H and O–H groups in total. The Balaban J connectivity index is 2.41. The summed E-state index contributed by atoms with van der Waals surface area (Å²) in [6.45, 7) is 3.84. The van der Waals surface area contributed by atoms with Crippen LogP contribution in [-0.2, 0) is 4.79 Å². The third-order valence-corrected chi connectivity index (χ3v) is 5.00. The molecular formula is C15H19NO4S. The molecule has 0 saturated carbocycles. The second-order valence-corrected chi connectivity index (χ2v) is 6.18. The number of carboxylic acids is 1. The van der Waals surface area contributed by atoms with Crippen molar-refractivity contribution in [2.75, 3.05) is 12.9 Å². The standard InChI is InChI=1S/C15H19NO4S/c1-4-13-16(11(8-21-13)15(18)19)14(17)10-7-9(2)5-6-12(10)20-3/h5-7,11,13H,4,8H2,1-3H3,(H,18,19). The smallest absolute Gasteiger partial charge is 0.327 e. The van der Waals surface area contributed by atoms with Gasteiger partial charge >= 0.3 is 5.97 Å². The molecule has 1 aromatic carbocycles. The predicted molar refractivity (Wildman–Crippen MR) is 81.9 cm³/mol. The zero-order valence-electron chi connectivity index (χ0n) is 12.3. The normalized spacial score (nSPS) is 21.4. The minimum absolute atomic E-state index is 0.108. The van der Waals surface area contributed by atoms with Crippen LogP contribution in [0.2, 0.25) is 0 Å². The molecule has 0 bridgehead atoms. The van der Waals surface area contributed by atoms with Gasteiger partial charge in [0.25, 0.3) is 5.91 Å². The number of aryl methyl sites for hydroxylation is 1. The Hall–Kier alpha value is -1.69. The Bertz CT molecular complexity index is 561. The first kappa shape index (κ1) is 15.7. The Kier molecular flexibility index (Phi) is 4.77. The van der Waals surface area contributed by atoms with E-state index in [1.807, 2.05) is 19.9 Å². The van der Waals surface area contributed by atoms with Crippen LogP contribution < -0.4 is 4.74 Å². The summed E-state index contributed by atoms with van der Waals surface area (Å²) in [5, 5.41) is 9.23. The summed E-state index contributed by atoms with van der Waals surface area (Å²) in [6.07, 6.45) is 0.717. The van der Waals surface area contributed by atoms with Gasteiger partial charge in [0, 0.05) is 5.75 Å². The lowest BCUT2D eigenvalue weighted by molar-refractivity contribution is -0.141. The third-order valence-electron chi connectivity index (χ3n) is 3.55. The van der Waals surface area contributed by atoms with Gasteiger partial charge in [0.05, 0.1) is 18.0 Å². The van der Waals surface area contributed by atoms with E-state index in [4.69, 9.17) is 4.74 Å². The fraction of sp³-hybridized carbons (Fsp3) is 0.467. The zero-order valence-corrected chi connectivity index (χ0v) is 13.1. The van der Waals surface area contributed by atoms with E-state index in [2.05, 4.69) is 0 Å². The molecule has 2 unspecified atom stereocenters. The van der Waals surface area contributed by atoms with Crippen LogP contribution in [-0.4, -0.2) is 46.2 Å². The molecule has 114 valence electrons. The number of carbonyl (C=O) groups excluding carboxylic acids is 1. The maximum absolute atomic E-state index is 12.8. The number of methoxy groups -OCH3 is 1. The van der Waals surface area contributed by atoms with Gasteiger partial charge in [-0.3, -0.25) is 4.79 Å². The van der Waals surface area contributed by atoms with E-state index in [0.717, 1.165) is 5.56 Å². The molecule has 1 fully saturated rings. The van der Waals surface area contributed by atoms with Crippen molar-refractivity contribution in [3.05, 3.63) is 29.3 Å². The number of benzene rings is 1. The highest BCUT2D eigenvalue weighted by Crippen LogP contribution is 2.34. The molecule has 2 rings (SSSR count). The van der Waals surface area contributed by atoms with Crippen molar-refractivity contribution in [1.29, 1.82) is 0 Å². The Morgan fingerprint density at radius 2 is 2.19 bits per heavy atom. The van der Waals surface area contributed by atoms with Crippen molar-refractivity contribution in [2.45, 2.75) is 31.7 Å². The molecule has 2 atom stereocenters. The lowest BCUT2D eigenvalue weighted by atomic mass is 10.1. The highest BCUT2D eigenvalue weighted by molar-refractivity contribution is 8.00. The van der Waals surface area contributed by atoms with Crippen LogP contribution in [0.25, 0.3) is 0 Å². The maximum atomic E-state index is 12.8. The topological polar surface area (TPSA) is 66.8 Å². The number of rotatable bonds is 4. The molecule has 1 amide bonds. The Labute approximate surface area is 128 Å². The van der Waals surface area contributed by atoms with Crippen molar-refractivity contribution < 1.29 is 19.4 Å². The third kappa shape index (κ3) is 3.00. The van der Waals surface area contributed by atoms with Gasteiger partial charge in [-0.15, -0.1) is 11.8 Å². The van der Waals surface area contributed by atoms with Gasteiger partial charge in [-0.05, 0) is 25.5 Å². The summed E-state index contributed by atoms with van der Waals surface area (Å²) in [7, 11) is 1.51. The summed E-state index contributed by atoms with van der Waals surface area (Å²) in [6, 6.07) is 4.57. The minimum atomic E-state index is -0.960. The number of hydrogen-bond donors (Lipinski definition) is 1. The highest BCUT2D eigenvalue weighted by atomic mass is 32.2. The molecule has 1 aliphatic heterocycles. The number of amides is 1. The molecule has 1 aromatic rings. The first-order valence-electron chi connectivity index (χ1n) is 6.81. The second-order valence-electron chi connectivity index (χ2n) is 4.97. The van der Waals surface area contributed by atoms with Gasteiger partial charge < -0.3 is 14.7 Å². The molecule has 1 aliphatic rings. The number of nitrogens with zero attached hydrogens (tertiary/aromatic N) is 1. The van der Waals surface area contributed by atoms with Crippen LogP contribution in [0.15, 0.2) is 18.2 Å². The average Bonchev–Trinajstić information content (AvgIpc) is 2.90. The van der Waals surface area contributed by atoms with E-state index in [0.29, 0.717) is 23.5 Å². The minimum Gasteiger partial charge on any atom is -0.496 e. The molecule has 1 saturated heterocycles. The number of aliphatic carboxylic acids is 1. The zero-order chi connectivity index (χ0) is 15.6. The van der Waals surface area contributed by atoms with Crippen molar-refractivity contribution >= 4 is 23.6 Å². The summed E-state index contributed by atoms with van der Waals surface area (Å²) in [5.74, 6) is -0.340. The van der Waals surface area contributed by atoms with Crippen LogP contribution >= 0.6 is 11.8 Å². The van der Waals surface area contributed by atoms with Crippen molar-refractivity contribution in [2.24, 2.45) is 0 Å². The number of carboxylic acid groups (broad SMARTS) is 1. The van der Waals surface area contributed by atoms with Gasteiger partial charge in [-0.2, -0.15) is 0 Å². The fourth-order valence-electron chi connectivity index (χ4n) is 2.47. The van der Waals surface area contributed by atoms with E-state index < -0.39 is 12.0 Å². The van der Waals surface area contributed by atoms with Gasteiger partial charge in [-0.25, -0.2) is 4.79 Å². The lowest BCUT2D eigenvalue weighted by Crippen LogP contribution is -2.45. The van der Waals surface area contributed by atoms with Gasteiger partial charge in [0.1, 0.15) is 11.8 Å². The quantitative estimate of drug-likeness (QED) is 0.925. The van der Waals surface area contributed by atoms with Gasteiger partial charge in [-0.1, -0.05) is 18.6 Å². The summed E-state index contributed by atoms with van der Waals surface area (Å²) in [5.41, 5.74) is 1.36. The van der Waals surface area contributed by atoms with E-state index in [1.54, 1.807) is 12.1 Å². The number of ether oxygens (including phenoxy) is 1. The van der Waals surface area contributed by atoms with E-state index in [-0.39, 0.29) is 11.3 Å². The first-order valence-corrected chi connectivity index (χ1v) is 7.86. The average molecular weight is 309 g/mol. The molecule has 0 spiro atoms. The highest BCUT2D eigenvalue weighted by Gasteiger charge is 2.41. The van der Waals surface area contributed by atoms with Crippen LogP contribution in [0, 0.1) is 6.92 Å². The van der Waals surface area contributed by atoms with Crippen molar-refractivity contribution in [3.8, 4) is 5.75 Å². The lowest BCUT2D eigenvalue weighted by Gasteiger charge is -2.27. The number of carbonyl (C=O) groups is 2. The molecule has 0 radical (unpaired) electrons. The molecule has 6 heteroatoms. The number of thioether (sulfide) groups is 1. The SMILES string of the molecule is CCC1SCC(C(=O)O)N1C(=O)c1cc(C)ccc1OC. The largest absolute Gasteiger partial charge is 0.496 e. The Morgan fingerprint density at radius 3 is 2.76 bits per heavy atom. The predicted octanol–water partition coefficient (Wildman–Crippen LogP) is 2.38. The number of hydrogen-bond acceptors (Lipinski definition) is 4. The van der Waals surface area contributed by atoms with E-state index in [1.165, 1.54) is 23.8 Å². The van der Waals surface area contributed by atoms with Crippen molar-refractivity contribution in [1.82, 2.24) is 4.90 Å². The molecule has 0 aliphatic carbocycles. The van der Waals surface area contributed by atoms with Crippen molar-refractivity contribution in [3.63, 3.8) is 0 Å².